The number of aliphatic carboxylic acids is 1. The molecule has 0 aliphatic rings. The molecule has 0 heterocycles. The van der Waals surface area contributed by atoms with Gasteiger partial charge in [0.2, 0.25) is 0 Å². The van der Waals surface area contributed by atoms with Gasteiger partial charge in [-0.1, -0.05) is 44.5 Å². The molecule has 0 bridgehead atoms. The number of aryl methyl sites for hydroxylation is 1. The molecule has 0 fully saturated rings. The van der Waals surface area contributed by atoms with Gasteiger partial charge in [0.25, 0.3) is 0 Å². The van der Waals surface area contributed by atoms with Crippen LogP contribution in [0.3, 0.4) is 0 Å². The molecule has 0 aromatic heterocycles. The van der Waals surface area contributed by atoms with Gasteiger partial charge in [-0.05, 0) is 17.5 Å². The van der Waals surface area contributed by atoms with Crippen LogP contribution in [0.4, 0.5) is 0 Å². The average Bonchev–Trinajstić information content (AvgIpc) is 2.28. The zero-order valence-electron chi connectivity index (χ0n) is 9.81. The minimum Gasteiger partial charge on any atom is -0.481 e. The maximum Gasteiger partial charge on any atom is 0.308 e. The first kappa shape index (κ1) is 12.7. The third kappa shape index (κ3) is 3.07. The van der Waals surface area contributed by atoms with Crippen molar-refractivity contribution in [3.63, 3.8) is 0 Å². The predicted octanol–water partition coefficient (Wildman–Crippen LogP) is 2.36. The van der Waals surface area contributed by atoms with E-state index in [9.17, 15) is 4.79 Å². The van der Waals surface area contributed by atoms with Crippen molar-refractivity contribution >= 4 is 5.97 Å². The molecule has 2 unspecified atom stereocenters. The van der Waals surface area contributed by atoms with Crippen molar-refractivity contribution in [3.05, 3.63) is 35.4 Å². The number of carbonyl (C=O) groups is 1. The van der Waals surface area contributed by atoms with Crippen molar-refractivity contribution < 1.29 is 9.90 Å². The Morgan fingerprint density at radius 2 is 1.94 bits per heavy atom. The zero-order valence-corrected chi connectivity index (χ0v) is 9.81. The average molecular weight is 221 g/mol. The molecule has 88 valence electrons. The van der Waals surface area contributed by atoms with Crippen molar-refractivity contribution in [2.24, 2.45) is 11.7 Å². The topological polar surface area (TPSA) is 63.3 Å². The Kier molecular flexibility index (Phi) is 4.50. The number of carboxylic acids is 1. The molecule has 0 aliphatic carbocycles. The monoisotopic (exact) mass is 221 g/mol. The lowest BCUT2D eigenvalue weighted by molar-refractivity contribution is -0.141. The highest BCUT2D eigenvalue weighted by molar-refractivity contribution is 5.70. The molecule has 0 saturated heterocycles. The fourth-order valence-electron chi connectivity index (χ4n) is 1.64. The Labute approximate surface area is 96.3 Å². The summed E-state index contributed by atoms with van der Waals surface area (Å²) < 4.78 is 0. The maximum absolute atomic E-state index is 10.8. The zero-order chi connectivity index (χ0) is 12.1. The number of carboxylic acid groups (broad SMARTS) is 1. The molecule has 2 atom stereocenters. The molecular formula is C13H19NO2. The standard InChI is InChI=1S/C13H19NO2/c1-3-4-10-5-7-11(8-6-10)12(14)9(2)13(15)16/h5-9,12H,3-4,14H2,1-2H3,(H,15,16). The Bertz CT molecular complexity index is 345. The third-order valence-corrected chi connectivity index (χ3v) is 2.83. The van der Waals surface area contributed by atoms with E-state index in [1.54, 1.807) is 6.92 Å². The van der Waals surface area contributed by atoms with Crippen molar-refractivity contribution in [3.8, 4) is 0 Å². The maximum atomic E-state index is 10.8. The van der Waals surface area contributed by atoms with Crippen LogP contribution < -0.4 is 5.73 Å². The van der Waals surface area contributed by atoms with Gasteiger partial charge >= 0.3 is 5.97 Å². The van der Waals surface area contributed by atoms with E-state index in [2.05, 4.69) is 6.92 Å². The molecular weight excluding hydrogens is 202 g/mol. The van der Waals surface area contributed by atoms with Crippen LogP contribution in [0.25, 0.3) is 0 Å². The Morgan fingerprint density at radius 3 is 2.38 bits per heavy atom. The summed E-state index contributed by atoms with van der Waals surface area (Å²) in [6.45, 7) is 3.76. The quantitative estimate of drug-likeness (QED) is 0.802. The van der Waals surface area contributed by atoms with Gasteiger partial charge in [-0.3, -0.25) is 4.79 Å². The van der Waals surface area contributed by atoms with E-state index in [4.69, 9.17) is 10.8 Å². The number of benzene rings is 1. The fraction of sp³-hybridized carbons (Fsp3) is 0.462. The van der Waals surface area contributed by atoms with Crippen molar-refractivity contribution in [2.45, 2.75) is 32.7 Å². The van der Waals surface area contributed by atoms with Crippen LogP contribution in [-0.4, -0.2) is 11.1 Å². The molecule has 0 aliphatic heterocycles. The van der Waals surface area contributed by atoms with Crippen LogP contribution in [-0.2, 0) is 11.2 Å². The molecule has 3 nitrogen and oxygen atoms in total. The highest BCUT2D eigenvalue weighted by Crippen LogP contribution is 2.20. The molecule has 3 N–H and O–H groups in total. The molecule has 16 heavy (non-hydrogen) atoms. The minimum atomic E-state index is -0.856. The summed E-state index contributed by atoms with van der Waals surface area (Å²) in [5.74, 6) is -1.41. The molecule has 0 saturated carbocycles. The normalized spacial score (nSPS) is 14.4. The number of hydrogen-bond acceptors (Lipinski definition) is 2. The van der Waals surface area contributed by atoms with Gasteiger partial charge in [0.05, 0.1) is 5.92 Å². The lowest BCUT2D eigenvalue weighted by Crippen LogP contribution is -2.25. The summed E-state index contributed by atoms with van der Waals surface area (Å²) in [7, 11) is 0. The fourth-order valence-corrected chi connectivity index (χ4v) is 1.64. The van der Waals surface area contributed by atoms with Crippen LogP contribution in [0.2, 0.25) is 0 Å². The van der Waals surface area contributed by atoms with Gasteiger partial charge in [0, 0.05) is 6.04 Å². The van der Waals surface area contributed by atoms with Crippen LogP contribution in [0.1, 0.15) is 37.4 Å². The predicted molar refractivity (Wildman–Crippen MR) is 64.2 cm³/mol. The van der Waals surface area contributed by atoms with Crippen molar-refractivity contribution in [1.29, 1.82) is 0 Å². The molecule has 1 rings (SSSR count). The largest absolute Gasteiger partial charge is 0.481 e. The van der Waals surface area contributed by atoms with Gasteiger partial charge in [-0.25, -0.2) is 0 Å². The van der Waals surface area contributed by atoms with Crippen molar-refractivity contribution in [1.82, 2.24) is 0 Å². The number of nitrogens with two attached hydrogens (primary N) is 1. The molecule has 1 aromatic rings. The SMILES string of the molecule is CCCc1ccc(C(N)C(C)C(=O)O)cc1. The summed E-state index contributed by atoms with van der Waals surface area (Å²) in [5, 5.41) is 8.87. The molecule has 0 radical (unpaired) electrons. The molecule has 3 heteroatoms. The van der Waals surface area contributed by atoms with Gasteiger partial charge in [0.1, 0.15) is 0 Å². The minimum absolute atomic E-state index is 0.437. The Balaban J connectivity index is 2.77. The van der Waals surface area contributed by atoms with Crippen molar-refractivity contribution in [2.75, 3.05) is 0 Å². The van der Waals surface area contributed by atoms with Gasteiger partial charge in [-0.2, -0.15) is 0 Å². The van der Waals surface area contributed by atoms with Crippen LogP contribution in [0.5, 0.6) is 0 Å². The van der Waals surface area contributed by atoms with Gasteiger partial charge in [0.15, 0.2) is 0 Å². The lowest BCUT2D eigenvalue weighted by Gasteiger charge is -2.16. The summed E-state index contributed by atoms with van der Waals surface area (Å²) in [5.41, 5.74) is 8.03. The van der Waals surface area contributed by atoms with E-state index < -0.39 is 17.9 Å². The summed E-state index contributed by atoms with van der Waals surface area (Å²) in [6, 6.07) is 7.46. The first-order valence-electron chi connectivity index (χ1n) is 5.63. The molecule has 0 spiro atoms. The van der Waals surface area contributed by atoms with Crippen LogP contribution in [0, 0.1) is 5.92 Å². The molecule has 0 amide bonds. The Hall–Kier alpha value is -1.35. The summed E-state index contributed by atoms with van der Waals surface area (Å²) >= 11 is 0. The van der Waals surface area contributed by atoms with E-state index in [1.165, 1.54) is 5.56 Å². The highest BCUT2D eigenvalue weighted by Gasteiger charge is 2.21. The second-order valence-electron chi connectivity index (χ2n) is 4.14. The lowest BCUT2D eigenvalue weighted by atomic mass is 9.94. The summed E-state index contributed by atoms with van der Waals surface area (Å²) in [6.07, 6.45) is 2.15. The van der Waals surface area contributed by atoms with E-state index in [1.807, 2.05) is 24.3 Å². The third-order valence-electron chi connectivity index (χ3n) is 2.83. The first-order chi connectivity index (χ1) is 7.56. The molecule has 1 aromatic carbocycles. The van der Waals surface area contributed by atoms with E-state index >= 15 is 0 Å². The smallest absolute Gasteiger partial charge is 0.308 e. The van der Waals surface area contributed by atoms with Gasteiger partial charge in [-0.15, -0.1) is 0 Å². The van der Waals surface area contributed by atoms with E-state index in [0.29, 0.717) is 0 Å². The highest BCUT2D eigenvalue weighted by atomic mass is 16.4. The Morgan fingerprint density at radius 1 is 1.38 bits per heavy atom. The van der Waals surface area contributed by atoms with Crippen LogP contribution in [0.15, 0.2) is 24.3 Å². The summed E-state index contributed by atoms with van der Waals surface area (Å²) in [4.78, 5) is 10.8. The second-order valence-corrected chi connectivity index (χ2v) is 4.14. The first-order valence-corrected chi connectivity index (χ1v) is 5.63. The van der Waals surface area contributed by atoms with E-state index in [0.717, 1.165) is 18.4 Å². The number of hydrogen-bond donors (Lipinski definition) is 2. The van der Waals surface area contributed by atoms with E-state index in [-0.39, 0.29) is 0 Å². The van der Waals surface area contributed by atoms with Gasteiger partial charge < -0.3 is 10.8 Å². The van der Waals surface area contributed by atoms with Crippen LogP contribution >= 0.6 is 0 Å². The number of rotatable bonds is 5. The second kappa shape index (κ2) is 5.66.